The molecule has 0 aliphatic rings. The van der Waals surface area contributed by atoms with Gasteiger partial charge in [0.25, 0.3) is 0 Å². The lowest BCUT2D eigenvalue weighted by Gasteiger charge is -2.30. The first-order valence-electron chi connectivity index (χ1n) is 8.96. The Balaban J connectivity index is 2.69. The molecule has 0 aliphatic heterocycles. The highest BCUT2D eigenvalue weighted by Crippen LogP contribution is 2.44. The van der Waals surface area contributed by atoms with Crippen LogP contribution in [0.25, 0.3) is 10.4 Å². The van der Waals surface area contributed by atoms with Crippen LogP contribution in [0.2, 0.25) is 0 Å². The second-order valence-corrected chi connectivity index (χ2v) is 11.5. The zero-order chi connectivity index (χ0) is 18.8. The Morgan fingerprint density at radius 2 is 1.48 bits per heavy atom. The molecule has 0 aliphatic carbocycles. The van der Waals surface area contributed by atoms with Gasteiger partial charge >= 0.3 is 0 Å². The fourth-order valence-electron chi connectivity index (χ4n) is 2.73. The molecule has 4 heteroatoms. The van der Waals surface area contributed by atoms with Crippen molar-refractivity contribution < 1.29 is 4.74 Å². The third-order valence-electron chi connectivity index (χ3n) is 4.20. The third-order valence-corrected chi connectivity index (χ3v) is 7.11. The van der Waals surface area contributed by atoms with Crippen LogP contribution in [0.1, 0.15) is 72.4 Å². The number of hydrogen-bond donors (Lipinski definition) is 0. The van der Waals surface area contributed by atoms with Crippen LogP contribution in [-0.4, -0.2) is 6.61 Å². The van der Waals surface area contributed by atoms with Gasteiger partial charge in [0.15, 0.2) is 0 Å². The zero-order valence-electron chi connectivity index (χ0n) is 16.5. The lowest BCUT2D eigenvalue weighted by atomic mass is 9.78. The minimum absolute atomic E-state index is 0.0229. The SMILES string of the molecule is CCCCOc1c(C(C)(C)C)cc(-c2cc(=S)ss2)cc1C(C)(C)C. The average Bonchev–Trinajstić information content (AvgIpc) is 2.91. The highest BCUT2D eigenvalue weighted by Gasteiger charge is 2.28. The summed E-state index contributed by atoms with van der Waals surface area (Å²) >= 11 is 5.35. The summed E-state index contributed by atoms with van der Waals surface area (Å²) in [6.07, 6.45) is 2.23. The van der Waals surface area contributed by atoms with Gasteiger partial charge in [-0.2, -0.15) is 0 Å². The van der Waals surface area contributed by atoms with Crippen LogP contribution in [-0.2, 0) is 10.8 Å². The molecule has 2 aromatic rings. The Hall–Kier alpha value is -0.710. The lowest BCUT2D eigenvalue weighted by molar-refractivity contribution is 0.293. The average molecular weight is 395 g/mol. The summed E-state index contributed by atoms with van der Waals surface area (Å²) in [7, 11) is 3.44. The molecular formula is C21H30OS3. The summed E-state index contributed by atoms with van der Waals surface area (Å²) in [5.41, 5.74) is 3.88. The van der Waals surface area contributed by atoms with Crippen LogP contribution in [0.15, 0.2) is 18.2 Å². The van der Waals surface area contributed by atoms with Crippen molar-refractivity contribution >= 4 is 32.9 Å². The van der Waals surface area contributed by atoms with Gasteiger partial charge < -0.3 is 4.74 Å². The van der Waals surface area contributed by atoms with Crippen molar-refractivity contribution in [2.75, 3.05) is 6.61 Å². The van der Waals surface area contributed by atoms with Crippen molar-refractivity contribution in [3.8, 4) is 16.2 Å². The Kier molecular flexibility index (Phi) is 6.50. The summed E-state index contributed by atoms with van der Waals surface area (Å²) in [5.74, 6) is 1.08. The van der Waals surface area contributed by atoms with Gasteiger partial charge in [-0.15, -0.1) is 0 Å². The number of rotatable bonds is 5. The molecule has 1 aromatic carbocycles. The predicted octanol–water partition coefficient (Wildman–Crippen LogP) is 7.98. The molecule has 1 aromatic heterocycles. The van der Waals surface area contributed by atoms with Crippen LogP contribution in [0.5, 0.6) is 5.75 Å². The van der Waals surface area contributed by atoms with Crippen molar-refractivity contribution in [1.82, 2.24) is 0 Å². The van der Waals surface area contributed by atoms with Crippen LogP contribution in [0, 0.1) is 3.82 Å². The summed E-state index contributed by atoms with van der Waals surface area (Å²) < 4.78 is 7.30. The van der Waals surface area contributed by atoms with E-state index in [4.69, 9.17) is 17.0 Å². The first kappa shape index (κ1) is 20.6. The van der Waals surface area contributed by atoms with E-state index in [1.807, 2.05) is 0 Å². The van der Waals surface area contributed by atoms with E-state index in [1.165, 1.54) is 21.6 Å². The van der Waals surface area contributed by atoms with Crippen molar-refractivity contribution in [2.45, 2.75) is 72.1 Å². The van der Waals surface area contributed by atoms with E-state index in [0.29, 0.717) is 0 Å². The normalized spacial score (nSPS) is 12.4. The van der Waals surface area contributed by atoms with Gasteiger partial charge in [0.05, 0.1) is 6.61 Å². The molecule has 1 nitrogen and oxygen atoms in total. The molecule has 0 N–H and O–H groups in total. The largest absolute Gasteiger partial charge is 0.493 e. The Morgan fingerprint density at radius 3 is 1.88 bits per heavy atom. The van der Waals surface area contributed by atoms with E-state index in [1.54, 1.807) is 20.7 Å². The van der Waals surface area contributed by atoms with Crippen molar-refractivity contribution in [3.63, 3.8) is 0 Å². The number of ether oxygens (including phenoxy) is 1. The van der Waals surface area contributed by atoms with Crippen LogP contribution in [0.4, 0.5) is 0 Å². The highest BCUT2D eigenvalue weighted by molar-refractivity contribution is 7.80. The molecule has 0 unspecified atom stereocenters. The summed E-state index contributed by atoms with van der Waals surface area (Å²) in [6, 6.07) is 6.74. The lowest BCUT2D eigenvalue weighted by Crippen LogP contribution is -2.20. The Morgan fingerprint density at radius 1 is 0.920 bits per heavy atom. The quantitative estimate of drug-likeness (QED) is 0.289. The van der Waals surface area contributed by atoms with Crippen molar-refractivity contribution in [1.29, 1.82) is 0 Å². The first-order valence-corrected chi connectivity index (χ1v) is 11.5. The molecule has 0 atom stereocenters. The molecule has 0 saturated heterocycles. The van der Waals surface area contributed by atoms with Gasteiger partial charge in [-0.05, 0) is 41.0 Å². The van der Waals surface area contributed by atoms with Crippen LogP contribution in [0.3, 0.4) is 0 Å². The number of benzene rings is 1. The van der Waals surface area contributed by atoms with Gasteiger partial charge in [0.1, 0.15) is 9.57 Å². The molecule has 0 radical (unpaired) electrons. The molecule has 1 heterocycles. The topological polar surface area (TPSA) is 9.23 Å². The minimum Gasteiger partial charge on any atom is -0.493 e. The number of hydrogen-bond acceptors (Lipinski definition) is 4. The van der Waals surface area contributed by atoms with E-state index in [9.17, 15) is 0 Å². The fraction of sp³-hybridized carbons (Fsp3) is 0.571. The van der Waals surface area contributed by atoms with Gasteiger partial charge in [0.2, 0.25) is 0 Å². The molecule has 0 fully saturated rings. The molecule has 0 spiro atoms. The molecule has 0 amide bonds. The molecule has 0 saturated carbocycles. The second-order valence-electron chi connectivity index (χ2n) is 8.60. The molecule has 0 bridgehead atoms. The number of unbranched alkanes of at least 4 members (excludes halogenated alkanes) is 1. The van der Waals surface area contributed by atoms with Gasteiger partial charge in [-0.3, -0.25) is 0 Å². The van der Waals surface area contributed by atoms with Crippen molar-refractivity contribution in [3.05, 3.63) is 33.1 Å². The van der Waals surface area contributed by atoms with E-state index in [-0.39, 0.29) is 10.8 Å². The highest BCUT2D eigenvalue weighted by atomic mass is 32.9. The van der Waals surface area contributed by atoms with Crippen LogP contribution >= 0.6 is 32.9 Å². The standard InChI is InChI=1S/C21H30OS3/c1-8-9-10-22-19-15(20(2,3)4)11-14(12-16(19)21(5,6)7)17-13-18(23)25-24-17/h11-13H,8-10H2,1-7H3. The van der Waals surface area contributed by atoms with Crippen molar-refractivity contribution in [2.24, 2.45) is 0 Å². The van der Waals surface area contributed by atoms with E-state index < -0.39 is 0 Å². The Bertz CT molecular complexity index is 734. The summed E-state index contributed by atoms with van der Waals surface area (Å²) in [5, 5.41) is 0. The van der Waals surface area contributed by atoms with E-state index >= 15 is 0 Å². The van der Waals surface area contributed by atoms with E-state index in [0.717, 1.165) is 29.0 Å². The predicted molar refractivity (Wildman–Crippen MR) is 116 cm³/mol. The Labute approximate surface area is 165 Å². The second kappa shape index (κ2) is 7.89. The van der Waals surface area contributed by atoms with E-state index in [2.05, 4.69) is 66.7 Å². The molecule has 138 valence electrons. The van der Waals surface area contributed by atoms with Gasteiger partial charge in [-0.25, -0.2) is 0 Å². The summed E-state index contributed by atoms with van der Waals surface area (Å²) in [4.78, 5) is 1.26. The maximum absolute atomic E-state index is 6.34. The van der Waals surface area contributed by atoms with Gasteiger partial charge in [-0.1, -0.05) is 87.8 Å². The summed E-state index contributed by atoms with van der Waals surface area (Å²) in [6.45, 7) is 16.6. The zero-order valence-corrected chi connectivity index (χ0v) is 18.9. The molecule has 25 heavy (non-hydrogen) atoms. The smallest absolute Gasteiger partial charge is 0.126 e. The molecule has 2 rings (SSSR count). The maximum atomic E-state index is 6.34. The van der Waals surface area contributed by atoms with Gasteiger partial charge in [0, 0.05) is 16.0 Å². The van der Waals surface area contributed by atoms with Crippen LogP contribution < -0.4 is 4.74 Å². The monoisotopic (exact) mass is 394 g/mol. The minimum atomic E-state index is 0.0229. The maximum Gasteiger partial charge on any atom is 0.126 e. The fourth-order valence-corrected chi connectivity index (χ4v) is 5.12. The molecular weight excluding hydrogens is 364 g/mol. The first-order chi connectivity index (χ1) is 11.5. The third kappa shape index (κ3) is 5.15.